The molecule has 82 valence electrons. The fraction of sp³-hybridized carbons (Fsp3) is 0.667. The lowest BCUT2D eigenvalue weighted by molar-refractivity contribution is 0.0438. The Morgan fingerprint density at radius 3 is 2.36 bits per heavy atom. The summed E-state index contributed by atoms with van der Waals surface area (Å²) >= 11 is 11.2. The van der Waals surface area contributed by atoms with Gasteiger partial charge in [0.1, 0.15) is 4.84 Å². The summed E-state index contributed by atoms with van der Waals surface area (Å²) in [5, 5.41) is 0. The van der Waals surface area contributed by atoms with E-state index in [1.165, 1.54) is 0 Å². The summed E-state index contributed by atoms with van der Waals surface area (Å²) in [5.74, 6) is 0. The maximum atomic E-state index is 10.9. The molecule has 0 saturated heterocycles. The molecule has 1 unspecified atom stereocenters. The van der Waals surface area contributed by atoms with E-state index in [-0.39, 0.29) is 6.61 Å². The SMILES string of the molecule is CCOC(=O)OC(C=C(C)C)C(Cl)Cl. The van der Waals surface area contributed by atoms with Crippen molar-refractivity contribution in [3.8, 4) is 0 Å². The van der Waals surface area contributed by atoms with Crippen LogP contribution in [-0.2, 0) is 9.47 Å². The minimum Gasteiger partial charge on any atom is -0.435 e. The standard InChI is InChI=1S/C9H14Cl2O3/c1-4-13-9(12)14-7(8(10)11)5-6(2)3/h5,7-8H,4H2,1-3H3. The van der Waals surface area contributed by atoms with Crippen LogP contribution in [0.25, 0.3) is 0 Å². The van der Waals surface area contributed by atoms with Gasteiger partial charge in [-0.3, -0.25) is 0 Å². The summed E-state index contributed by atoms with van der Waals surface area (Å²) in [5.41, 5.74) is 0.964. The molecule has 3 nitrogen and oxygen atoms in total. The monoisotopic (exact) mass is 240 g/mol. The number of rotatable bonds is 4. The minimum absolute atomic E-state index is 0.260. The quantitative estimate of drug-likeness (QED) is 0.430. The summed E-state index contributed by atoms with van der Waals surface area (Å²) in [6.45, 7) is 5.67. The van der Waals surface area contributed by atoms with Crippen LogP contribution < -0.4 is 0 Å². The molecule has 0 aromatic rings. The van der Waals surface area contributed by atoms with Gasteiger partial charge in [0.15, 0.2) is 6.10 Å². The topological polar surface area (TPSA) is 35.5 Å². The van der Waals surface area contributed by atoms with Gasteiger partial charge < -0.3 is 9.47 Å². The van der Waals surface area contributed by atoms with Gasteiger partial charge >= 0.3 is 6.16 Å². The van der Waals surface area contributed by atoms with Crippen LogP contribution in [0.1, 0.15) is 20.8 Å². The average Bonchev–Trinajstić information content (AvgIpc) is 2.02. The number of halogens is 2. The number of hydrogen-bond donors (Lipinski definition) is 0. The largest absolute Gasteiger partial charge is 0.508 e. The van der Waals surface area contributed by atoms with Crippen LogP contribution in [0, 0.1) is 0 Å². The normalized spacial score (nSPS) is 12.1. The number of alkyl halides is 2. The third kappa shape index (κ3) is 6.11. The van der Waals surface area contributed by atoms with Gasteiger partial charge in [0.05, 0.1) is 6.61 Å². The first-order chi connectivity index (χ1) is 6.47. The third-order valence-electron chi connectivity index (χ3n) is 1.24. The number of carbonyl (C=O) groups is 1. The molecule has 0 amide bonds. The number of carbonyl (C=O) groups excluding carboxylic acids is 1. The van der Waals surface area contributed by atoms with Gasteiger partial charge in [0.25, 0.3) is 0 Å². The van der Waals surface area contributed by atoms with Crippen LogP contribution in [0.4, 0.5) is 4.79 Å². The molecule has 0 heterocycles. The molecule has 0 fully saturated rings. The summed E-state index contributed by atoms with van der Waals surface area (Å²) < 4.78 is 9.46. The average molecular weight is 241 g/mol. The van der Waals surface area contributed by atoms with Gasteiger partial charge in [-0.05, 0) is 26.8 Å². The highest BCUT2D eigenvalue weighted by Crippen LogP contribution is 2.15. The molecule has 0 aromatic carbocycles. The van der Waals surface area contributed by atoms with Crippen LogP contribution in [0.5, 0.6) is 0 Å². The van der Waals surface area contributed by atoms with Crippen molar-refractivity contribution in [3.05, 3.63) is 11.6 Å². The first kappa shape index (κ1) is 13.6. The van der Waals surface area contributed by atoms with Gasteiger partial charge in [-0.1, -0.05) is 5.57 Å². The zero-order valence-corrected chi connectivity index (χ0v) is 9.93. The first-order valence-electron chi connectivity index (χ1n) is 4.24. The predicted octanol–water partition coefficient (Wildman–Crippen LogP) is 3.30. The second-order valence-electron chi connectivity index (χ2n) is 2.84. The Morgan fingerprint density at radius 2 is 2.00 bits per heavy atom. The van der Waals surface area contributed by atoms with Crippen LogP contribution in [0.15, 0.2) is 11.6 Å². The molecule has 0 aliphatic carbocycles. The van der Waals surface area contributed by atoms with E-state index < -0.39 is 17.1 Å². The zero-order valence-electron chi connectivity index (χ0n) is 8.42. The summed E-state index contributed by atoms with van der Waals surface area (Å²) in [7, 11) is 0. The van der Waals surface area contributed by atoms with Crippen molar-refractivity contribution in [3.63, 3.8) is 0 Å². The third-order valence-corrected chi connectivity index (χ3v) is 1.74. The molecular weight excluding hydrogens is 227 g/mol. The summed E-state index contributed by atoms with van der Waals surface area (Å²) in [6.07, 6.45) is 0.241. The Balaban J connectivity index is 4.24. The Hall–Kier alpha value is -0.410. The molecule has 0 aliphatic rings. The predicted molar refractivity (Wildman–Crippen MR) is 56.8 cm³/mol. The molecule has 0 rings (SSSR count). The molecule has 5 heteroatoms. The van der Waals surface area contributed by atoms with Crippen molar-refractivity contribution in [1.29, 1.82) is 0 Å². The Morgan fingerprint density at radius 1 is 1.43 bits per heavy atom. The van der Waals surface area contributed by atoms with E-state index in [9.17, 15) is 4.79 Å². The molecule has 0 N–H and O–H groups in total. The second kappa shape index (κ2) is 6.96. The van der Waals surface area contributed by atoms with Crippen molar-refractivity contribution in [2.24, 2.45) is 0 Å². The van der Waals surface area contributed by atoms with Gasteiger partial charge in [-0.15, -0.1) is 23.2 Å². The van der Waals surface area contributed by atoms with E-state index in [4.69, 9.17) is 27.9 Å². The molecule has 14 heavy (non-hydrogen) atoms. The fourth-order valence-electron chi connectivity index (χ4n) is 0.750. The van der Waals surface area contributed by atoms with Crippen LogP contribution in [0.2, 0.25) is 0 Å². The van der Waals surface area contributed by atoms with E-state index in [1.807, 2.05) is 13.8 Å². The van der Waals surface area contributed by atoms with Gasteiger partial charge in [-0.2, -0.15) is 0 Å². The second-order valence-corrected chi connectivity index (χ2v) is 4.01. The smallest absolute Gasteiger partial charge is 0.435 e. The van der Waals surface area contributed by atoms with E-state index in [2.05, 4.69) is 4.74 Å². The lowest BCUT2D eigenvalue weighted by Crippen LogP contribution is -2.23. The van der Waals surface area contributed by atoms with E-state index >= 15 is 0 Å². The van der Waals surface area contributed by atoms with Crippen LogP contribution in [-0.4, -0.2) is 23.7 Å². The molecule has 0 aliphatic heterocycles. The van der Waals surface area contributed by atoms with Gasteiger partial charge in [-0.25, -0.2) is 4.79 Å². The van der Waals surface area contributed by atoms with Gasteiger partial charge in [0.2, 0.25) is 0 Å². The maximum Gasteiger partial charge on any atom is 0.508 e. The highest BCUT2D eigenvalue weighted by atomic mass is 35.5. The molecule has 0 aromatic heterocycles. The maximum absolute atomic E-state index is 10.9. The van der Waals surface area contributed by atoms with E-state index in [0.29, 0.717) is 0 Å². The molecule has 1 atom stereocenters. The van der Waals surface area contributed by atoms with Crippen molar-refractivity contribution >= 4 is 29.4 Å². The highest BCUT2D eigenvalue weighted by molar-refractivity contribution is 6.44. The van der Waals surface area contributed by atoms with Crippen molar-refractivity contribution in [2.75, 3.05) is 6.61 Å². The molecule has 0 bridgehead atoms. The Kier molecular flexibility index (Phi) is 6.75. The minimum atomic E-state index is -0.797. The fourth-order valence-corrected chi connectivity index (χ4v) is 0.998. The first-order valence-corrected chi connectivity index (χ1v) is 5.11. The lowest BCUT2D eigenvalue weighted by Gasteiger charge is -2.15. The van der Waals surface area contributed by atoms with Crippen molar-refractivity contribution in [1.82, 2.24) is 0 Å². The van der Waals surface area contributed by atoms with Gasteiger partial charge in [0, 0.05) is 0 Å². The van der Waals surface area contributed by atoms with Crippen LogP contribution in [0.3, 0.4) is 0 Å². The molecule has 0 radical (unpaired) electrons. The summed E-state index contributed by atoms with van der Waals surface area (Å²) in [6, 6.07) is 0. The van der Waals surface area contributed by atoms with E-state index in [1.54, 1.807) is 13.0 Å². The zero-order chi connectivity index (χ0) is 11.1. The Bertz CT molecular complexity index is 210. The number of ether oxygens (including phenoxy) is 2. The molecule has 0 spiro atoms. The molecule has 0 saturated carbocycles. The van der Waals surface area contributed by atoms with Crippen LogP contribution >= 0.6 is 23.2 Å². The number of hydrogen-bond acceptors (Lipinski definition) is 3. The number of allylic oxidation sites excluding steroid dienone is 1. The van der Waals surface area contributed by atoms with E-state index in [0.717, 1.165) is 5.57 Å². The molecular formula is C9H14Cl2O3. The summed E-state index contributed by atoms with van der Waals surface area (Å²) in [4.78, 5) is 10.2. The van der Waals surface area contributed by atoms with Crippen molar-refractivity contribution < 1.29 is 14.3 Å². The Labute approximate surface area is 94.0 Å². The van der Waals surface area contributed by atoms with Crippen molar-refractivity contribution in [2.45, 2.75) is 31.7 Å². The lowest BCUT2D eigenvalue weighted by atomic mass is 10.2. The highest BCUT2D eigenvalue weighted by Gasteiger charge is 2.19.